The van der Waals surface area contributed by atoms with Gasteiger partial charge in [-0.3, -0.25) is 9.59 Å². The normalized spacial score (nSPS) is 11.1. The van der Waals surface area contributed by atoms with Gasteiger partial charge in [0.1, 0.15) is 5.75 Å². The fourth-order valence-electron chi connectivity index (χ4n) is 2.17. The van der Waals surface area contributed by atoms with E-state index in [0.29, 0.717) is 17.1 Å². The van der Waals surface area contributed by atoms with Crippen molar-refractivity contribution in [2.75, 3.05) is 29.2 Å². The van der Waals surface area contributed by atoms with E-state index in [-0.39, 0.29) is 35.2 Å². The maximum Gasteiger partial charge on any atom is 0.237 e. The van der Waals surface area contributed by atoms with Crippen molar-refractivity contribution in [3.63, 3.8) is 0 Å². The number of halogens is 1. The van der Waals surface area contributed by atoms with E-state index < -0.39 is 0 Å². The maximum absolute atomic E-state index is 12.3. The molecule has 0 saturated heterocycles. The molecule has 0 saturated carbocycles. The molecule has 2 amide bonds. The smallest absolute Gasteiger partial charge is 0.237 e. The highest BCUT2D eigenvalue weighted by Gasteiger charge is 2.16. The first-order valence-corrected chi connectivity index (χ1v) is 9.16. The van der Waals surface area contributed by atoms with E-state index >= 15 is 0 Å². The second-order valence-electron chi connectivity index (χ2n) is 5.81. The number of methoxy groups -OCH3 is 1. The summed E-state index contributed by atoms with van der Waals surface area (Å²) in [5.74, 6) is 0.404. The molecule has 1 atom stereocenters. The minimum absolute atomic E-state index is 0. The van der Waals surface area contributed by atoms with Crippen LogP contribution < -0.4 is 21.1 Å². The largest absolute Gasteiger partial charge is 0.495 e. The summed E-state index contributed by atoms with van der Waals surface area (Å²) in [4.78, 5) is 24.3. The van der Waals surface area contributed by atoms with Crippen molar-refractivity contribution < 1.29 is 14.3 Å². The highest BCUT2D eigenvalue weighted by Crippen LogP contribution is 2.25. The van der Waals surface area contributed by atoms with Gasteiger partial charge in [-0.1, -0.05) is 17.7 Å². The Labute approximate surface area is 169 Å². The van der Waals surface area contributed by atoms with Crippen LogP contribution in [-0.4, -0.2) is 29.9 Å². The Bertz CT molecular complexity index is 784. The third kappa shape index (κ3) is 7.03. The lowest BCUT2D eigenvalue weighted by Gasteiger charge is -2.13. The van der Waals surface area contributed by atoms with Gasteiger partial charge in [0.25, 0.3) is 0 Å². The van der Waals surface area contributed by atoms with E-state index in [0.717, 1.165) is 11.3 Å². The molecule has 0 aromatic heterocycles. The lowest BCUT2D eigenvalue weighted by molar-refractivity contribution is -0.115. The first-order chi connectivity index (χ1) is 12.4. The molecule has 1 unspecified atom stereocenters. The Kier molecular flexibility index (Phi) is 8.97. The van der Waals surface area contributed by atoms with E-state index in [1.807, 2.05) is 31.2 Å². The summed E-state index contributed by atoms with van der Waals surface area (Å²) in [6.07, 6.45) is 0. The highest BCUT2D eigenvalue weighted by atomic mass is 35.5. The van der Waals surface area contributed by atoms with Crippen LogP contribution in [0.1, 0.15) is 12.5 Å². The number of carbonyl (C=O) groups is 2. The second-order valence-corrected chi connectivity index (χ2v) is 7.14. The molecule has 0 aliphatic heterocycles. The van der Waals surface area contributed by atoms with Crippen molar-refractivity contribution in [3.8, 4) is 5.75 Å². The van der Waals surface area contributed by atoms with Crippen LogP contribution in [0.15, 0.2) is 42.5 Å². The zero-order chi connectivity index (χ0) is 19.1. The van der Waals surface area contributed by atoms with Gasteiger partial charge in [-0.2, -0.15) is 0 Å². The van der Waals surface area contributed by atoms with Crippen LogP contribution >= 0.6 is 24.2 Å². The number of hydrogen-bond donors (Lipinski definition) is 3. The lowest BCUT2D eigenvalue weighted by atomic mass is 10.2. The third-order valence-electron chi connectivity index (χ3n) is 3.67. The zero-order valence-electron chi connectivity index (χ0n) is 15.4. The van der Waals surface area contributed by atoms with Gasteiger partial charge in [0.05, 0.1) is 23.8 Å². The predicted molar refractivity (Wildman–Crippen MR) is 115 cm³/mol. The Morgan fingerprint density at radius 3 is 2.33 bits per heavy atom. The average molecular weight is 410 g/mol. The van der Waals surface area contributed by atoms with Crippen LogP contribution in [0.25, 0.3) is 0 Å². The molecule has 2 aromatic rings. The third-order valence-corrected chi connectivity index (χ3v) is 4.81. The maximum atomic E-state index is 12.3. The van der Waals surface area contributed by atoms with Gasteiger partial charge in [-0.25, -0.2) is 0 Å². The summed E-state index contributed by atoms with van der Waals surface area (Å²) in [6.45, 7) is 3.74. The van der Waals surface area contributed by atoms with E-state index in [2.05, 4.69) is 10.6 Å². The number of carbonyl (C=O) groups excluding carboxylic acids is 2. The molecular formula is C19H24ClN3O3S. The molecule has 4 N–H and O–H groups in total. The number of amides is 2. The Morgan fingerprint density at radius 1 is 1.11 bits per heavy atom. The molecule has 8 heteroatoms. The quantitative estimate of drug-likeness (QED) is 0.606. The number of nitrogen functional groups attached to an aromatic ring is 1. The first-order valence-electron chi connectivity index (χ1n) is 8.11. The van der Waals surface area contributed by atoms with Crippen LogP contribution in [0.5, 0.6) is 5.75 Å². The SMILES string of the molecule is COc1ccc(NC(=O)C(C)SCC(=O)Nc2ccc(C)cc2)cc1N.Cl. The van der Waals surface area contributed by atoms with Crippen molar-refractivity contribution in [3.05, 3.63) is 48.0 Å². The molecule has 2 rings (SSSR count). The van der Waals surface area contributed by atoms with Crippen molar-refractivity contribution >= 4 is 53.0 Å². The second kappa shape index (κ2) is 10.7. The topological polar surface area (TPSA) is 93.4 Å². The van der Waals surface area contributed by atoms with Gasteiger partial charge in [-0.15, -0.1) is 24.2 Å². The molecular weight excluding hydrogens is 386 g/mol. The van der Waals surface area contributed by atoms with Gasteiger partial charge in [0, 0.05) is 11.4 Å². The number of nitrogens with two attached hydrogens (primary N) is 1. The summed E-state index contributed by atoms with van der Waals surface area (Å²) in [5, 5.41) is 5.21. The molecule has 146 valence electrons. The minimum Gasteiger partial charge on any atom is -0.495 e. The molecule has 0 spiro atoms. The average Bonchev–Trinajstić information content (AvgIpc) is 2.61. The predicted octanol–water partition coefficient (Wildman–Crippen LogP) is 3.71. The summed E-state index contributed by atoms with van der Waals surface area (Å²) in [7, 11) is 1.53. The van der Waals surface area contributed by atoms with Gasteiger partial charge >= 0.3 is 0 Å². The number of benzene rings is 2. The molecule has 0 aliphatic rings. The van der Waals surface area contributed by atoms with Crippen molar-refractivity contribution in [2.24, 2.45) is 0 Å². The molecule has 0 aliphatic carbocycles. The molecule has 0 fully saturated rings. The number of nitrogens with one attached hydrogen (secondary N) is 2. The Hall–Kier alpha value is -2.38. The van der Waals surface area contributed by atoms with E-state index in [1.165, 1.54) is 18.9 Å². The van der Waals surface area contributed by atoms with Gasteiger partial charge in [0.15, 0.2) is 0 Å². The number of hydrogen-bond acceptors (Lipinski definition) is 5. The lowest BCUT2D eigenvalue weighted by Crippen LogP contribution is -2.25. The molecule has 6 nitrogen and oxygen atoms in total. The molecule has 0 heterocycles. The minimum atomic E-state index is -0.387. The summed E-state index contributed by atoms with van der Waals surface area (Å²) in [5.41, 5.74) is 8.73. The molecule has 0 radical (unpaired) electrons. The summed E-state index contributed by atoms with van der Waals surface area (Å²) < 4.78 is 5.09. The standard InChI is InChI=1S/C19H23N3O3S.ClH/c1-12-4-6-14(7-5-12)21-18(23)11-26-13(2)19(24)22-15-8-9-17(25-3)16(20)10-15;/h4-10,13H,11,20H2,1-3H3,(H,21,23)(H,22,24);1H. The zero-order valence-corrected chi connectivity index (χ0v) is 17.1. The summed E-state index contributed by atoms with van der Waals surface area (Å²) >= 11 is 1.27. The van der Waals surface area contributed by atoms with Crippen LogP contribution in [0, 0.1) is 6.92 Å². The molecule has 0 bridgehead atoms. The van der Waals surface area contributed by atoms with Crippen LogP contribution in [0.4, 0.5) is 17.1 Å². The fourth-order valence-corrected chi connectivity index (χ4v) is 2.85. The number of ether oxygens (including phenoxy) is 1. The Morgan fingerprint density at radius 2 is 1.74 bits per heavy atom. The Balaban J connectivity index is 0.00000364. The van der Waals surface area contributed by atoms with Gasteiger partial charge in [0.2, 0.25) is 11.8 Å². The first kappa shape index (κ1) is 22.7. The summed E-state index contributed by atoms with van der Waals surface area (Å²) in [6, 6.07) is 12.6. The van der Waals surface area contributed by atoms with Crippen molar-refractivity contribution in [1.29, 1.82) is 0 Å². The number of rotatable bonds is 7. The molecule has 27 heavy (non-hydrogen) atoms. The van der Waals surface area contributed by atoms with Crippen LogP contribution in [0.2, 0.25) is 0 Å². The highest BCUT2D eigenvalue weighted by molar-refractivity contribution is 8.01. The fraction of sp³-hybridized carbons (Fsp3) is 0.263. The van der Waals surface area contributed by atoms with Crippen LogP contribution in [-0.2, 0) is 9.59 Å². The van der Waals surface area contributed by atoms with E-state index in [9.17, 15) is 9.59 Å². The van der Waals surface area contributed by atoms with E-state index in [1.54, 1.807) is 25.1 Å². The van der Waals surface area contributed by atoms with E-state index in [4.69, 9.17) is 10.5 Å². The number of aryl methyl sites for hydroxylation is 1. The van der Waals surface area contributed by atoms with Crippen molar-refractivity contribution in [2.45, 2.75) is 19.1 Å². The molecule has 2 aromatic carbocycles. The van der Waals surface area contributed by atoms with Crippen molar-refractivity contribution in [1.82, 2.24) is 0 Å². The number of thioether (sulfide) groups is 1. The van der Waals surface area contributed by atoms with Gasteiger partial charge < -0.3 is 21.1 Å². The van der Waals surface area contributed by atoms with Crippen LogP contribution in [0.3, 0.4) is 0 Å². The monoisotopic (exact) mass is 409 g/mol. The van der Waals surface area contributed by atoms with Gasteiger partial charge in [-0.05, 0) is 44.2 Å². The number of anilines is 3.